The third kappa shape index (κ3) is 39.2. The predicted octanol–water partition coefficient (Wildman–Crippen LogP) is 14.5. The molecule has 1 amide bonds. The Balaban J connectivity index is 2.20. The summed E-state index contributed by atoms with van der Waals surface area (Å²) in [5.41, 5.74) is 0. The molecule has 0 aromatic heterocycles. The zero-order valence-electron chi connectivity index (χ0n) is 45.0. The molecule has 1 fully saturated rings. The molecule has 7 unspecified atom stereocenters. The smallest absolute Gasteiger partial charge is 0.220 e. The van der Waals surface area contributed by atoms with Crippen molar-refractivity contribution in [3.05, 3.63) is 72.9 Å². The molecule has 1 rings (SSSR count). The van der Waals surface area contributed by atoms with Gasteiger partial charge in [0, 0.05) is 6.42 Å². The molecule has 1 aliphatic heterocycles. The summed E-state index contributed by atoms with van der Waals surface area (Å²) < 4.78 is 11.2. The molecular weight excluding hydrogens is 875 g/mol. The summed E-state index contributed by atoms with van der Waals surface area (Å²) in [6.45, 7) is 3.63. The van der Waals surface area contributed by atoms with Gasteiger partial charge in [0.2, 0.25) is 5.91 Å². The highest BCUT2D eigenvalue weighted by Crippen LogP contribution is 2.23. The molecule has 406 valence electrons. The Morgan fingerprint density at radius 1 is 0.500 bits per heavy atom. The van der Waals surface area contributed by atoms with Gasteiger partial charge in [-0.25, -0.2) is 0 Å². The lowest BCUT2D eigenvalue weighted by atomic mass is 9.99. The first-order valence-electron chi connectivity index (χ1n) is 29.2. The summed E-state index contributed by atoms with van der Waals surface area (Å²) in [6, 6.07) is -0.848. The van der Waals surface area contributed by atoms with E-state index in [1.54, 1.807) is 6.08 Å². The number of nitrogens with one attached hydrogen (secondary N) is 1. The number of allylic oxidation sites excluding steroid dienone is 11. The van der Waals surface area contributed by atoms with Crippen molar-refractivity contribution in [3.8, 4) is 0 Å². The summed E-state index contributed by atoms with van der Waals surface area (Å²) in [4.78, 5) is 13.0. The van der Waals surface area contributed by atoms with Crippen molar-refractivity contribution < 1.29 is 39.8 Å². The van der Waals surface area contributed by atoms with Gasteiger partial charge in [0.05, 0.1) is 25.4 Å². The number of ether oxygens (including phenoxy) is 2. The average Bonchev–Trinajstić information content (AvgIpc) is 3.36. The molecule has 0 spiro atoms. The molecule has 0 aromatic carbocycles. The Hall–Kier alpha value is -2.37. The lowest BCUT2D eigenvalue weighted by molar-refractivity contribution is -0.302. The van der Waals surface area contributed by atoms with Gasteiger partial charge in [-0.15, -0.1) is 0 Å². The van der Waals surface area contributed by atoms with E-state index in [1.165, 1.54) is 167 Å². The molecule has 1 aliphatic rings. The number of rotatable bonds is 49. The molecule has 1 heterocycles. The third-order valence-electron chi connectivity index (χ3n) is 13.5. The fourth-order valence-electron chi connectivity index (χ4n) is 8.93. The molecule has 9 heteroatoms. The Morgan fingerprint density at radius 2 is 0.900 bits per heavy atom. The van der Waals surface area contributed by atoms with Crippen molar-refractivity contribution in [1.29, 1.82) is 0 Å². The van der Waals surface area contributed by atoms with E-state index in [4.69, 9.17) is 9.47 Å². The molecule has 70 heavy (non-hydrogen) atoms. The van der Waals surface area contributed by atoms with Gasteiger partial charge in [-0.3, -0.25) is 4.79 Å². The Bertz CT molecular complexity index is 1330. The first kappa shape index (κ1) is 65.6. The number of aliphatic hydroxyl groups is 5. The molecule has 1 saturated heterocycles. The van der Waals surface area contributed by atoms with Crippen molar-refractivity contribution in [2.45, 2.75) is 294 Å². The number of carbonyl (C=O) groups excluding carboxylic acids is 1. The van der Waals surface area contributed by atoms with Crippen LogP contribution in [0.5, 0.6) is 0 Å². The first-order chi connectivity index (χ1) is 34.3. The van der Waals surface area contributed by atoms with E-state index in [0.717, 1.165) is 57.8 Å². The molecule has 0 radical (unpaired) electrons. The van der Waals surface area contributed by atoms with Crippen LogP contribution >= 0.6 is 0 Å². The zero-order valence-corrected chi connectivity index (χ0v) is 45.0. The summed E-state index contributed by atoms with van der Waals surface area (Å²) in [5, 5.41) is 54.4. The van der Waals surface area contributed by atoms with Crippen LogP contribution in [0.1, 0.15) is 251 Å². The molecule has 0 saturated carbocycles. The molecule has 6 N–H and O–H groups in total. The van der Waals surface area contributed by atoms with Gasteiger partial charge in [0.1, 0.15) is 24.4 Å². The average molecular weight is 985 g/mol. The van der Waals surface area contributed by atoms with E-state index in [1.807, 2.05) is 6.08 Å². The maximum atomic E-state index is 13.0. The molecule has 0 bridgehead atoms. The van der Waals surface area contributed by atoms with E-state index in [2.05, 4.69) is 79.9 Å². The third-order valence-corrected chi connectivity index (χ3v) is 13.5. The van der Waals surface area contributed by atoms with Crippen LogP contribution in [0, 0.1) is 0 Å². The highest BCUT2D eigenvalue weighted by Gasteiger charge is 2.44. The largest absolute Gasteiger partial charge is 0.394 e. The molecule has 9 nitrogen and oxygen atoms in total. The maximum absolute atomic E-state index is 13.0. The van der Waals surface area contributed by atoms with E-state index < -0.39 is 49.5 Å². The first-order valence-corrected chi connectivity index (χ1v) is 29.2. The van der Waals surface area contributed by atoms with Crippen LogP contribution in [0.25, 0.3) is 0 Å². The molecule has 0 aromatic rings. The molecule has 7 atom stereocenters. The van der Waals surface area contributed by atoms with E-state index >= 15 is 0 Å². The van der Waals surface area contributed by atoms with E-state index in [9.17, 15) is 30.3 Å². The lowest BCUT2D eigenvalue weighted by Crippen LogP contribution is -2.60. The van der Waals surface area contributed by atoms with Crippen molar-refractivity contribution in [2.75, 3.05) is 13.2 Å². The van der Waals surface area contributed by atoms with E-state index in [0.29, 0.717) is 6.42 Å². The van der Waals surface area contributed by atoms with Crippen LogP contribution in [-0.4, -0.2) is 87.5 Å². The minimum absolute atomic E-state index is 0.221. The second kappa shape index (κ2) is 50.2. The fraction of sp³-hybridized carbons (Fsp3) is 0.787. The van der Waals surface area contributed by atoms with Crippen LogP contribution in [0.4, 0.5) is 0 Å². The Kier molecular flexibility index (Phi) is 47.1. The normalized spacial score (nSPS) is 19.9. The van der Waals surface area contributed by atoms with Crippen LogP contribution < -0.4 is 5.32 Å². The maximum Gasteiger partial charge on any atom is 0.220 e. The van der Waals surface area contributed by atoms with Crippen LogP contribution in [-0.2, 0) is 14.3 Å². The van der Waals surface area contributed by atoms with E-state index in [-0.39, 0.29) is 18.9 Å². The molecular formula is C61H109NO8. The van der Waals surface area contributed by atoms with Crippen LogP contribution in [0.3, 0.4) is 0 Å². The minimum Gasteiger partial charge on any atom is -0.394 e. The van der Waals surface area contributed by atoms with Crippen molar-refractivity contribution >= 4 is 5.91 Å². The van der Waals surface area contributed by atoms with Crippen LogP contribution in [0.2, 0.25) is 0 Å². The zero-order chi connectivity index (χ0) is 50.8. The predicted molar refractivity (Wildman–Crippen MR) is 295 cm³/mol. The quantitative estimate of drug-likeness (QED) is 0.0261. The molecule has 0 aliphatic carbocycles. The fourth-order valence-corrected chi connectivity index (χ4v) is 8.93. The minimum atomic E-state index is -1.58. The number of aliphatic hydroxyl groups excluding tert-OH is 5. The standard InChI is InChI=1S/C61H109NO8/c1-3-5-7-9-11-13-15-17-19-20-21-22-23-24-25-26-27-28-29-30-31-32-33-34-35-37-38-40-42-44-46-48-50-55(64)54(53-69-61-60(68)59(67)58(66)56(52-63)70-61)62-57(65)51-49-47-45-43-41-39-36-18-16-14-12-10-8-6-4-2/h6,8,12,14,18,36,40-43,48,50,54-56,58-61,63-64,66-68H,3-5,7,9-11,13,15-17,19-35,37-39,44-47,49,51-53H2,1-2H3,(H,62,65)/b8-6-,14-12-,36-18-,42-40+,43-41-,50-48+. The number of amides is 1. The van der Waals surface area contributed by atoms with Gasteiger partial charge in [0.15, 0.2) is 6.29 Å². The number of carbonyl (C=O) groups is 1. The van der Waals surface area contributed by atoms with Crippen LogP contribution in [0.15, 0.2) is 72.9 Å². The second-order valence-corrected chi connectivity index (χ2v) is 20.0. The van der Waals surface area contributed by atoms with Crippen molar-refractivity contribution in [2.24, 2.45) is 0 Å². The monoisotopic (exact) mass is 984 g/mol. The van der Waals surface area contributed by atoms with Gasteiger partial charge < -0.3 is 40.3 Å². The number of hydrogen-bond donors (Lipinski definition) is 6. The Morgan fingerprint density at radius 3 is 1.37 bits per heavy atom. The summed E-state index contributed by atoms with van der Waals surface area (Å²) in [7, 11) is 0. The van der Waals surface area contributed by atoms with Gasteiger partial charge in [-0.1, -0.05) is 247 Å². The van der Waals surface area contributed by atoms with Gasteiger partial charge in [-0.2, -0.15) is 0 Å². The summed E-state index contributed by atoms with van der Waals surface area (Å²) in [5.74, 6) is -0.228. The van der Waals surface area contributed by atoms with Crippen molar-refractivity contribution in [3.63, 3.8) is 0 Å². The topological polar surface area (TPSA) is 149 Å². The number of unbranched alkanes of at least 4 members (excludes halogenated alkanes) is 29. The van der Waals surface area contributed by atoms with Gasteiger partial charge in [-0.05, 0) is 70.6 Å². The summed E-state index contributed by atoms with van der Waals surface area (Å²) in [6.07, 6.45) is 62.9. The highest BCUT2D eigenvalue weighted by atomic mass is 16.7. The lowest BCUT2D eigenvalue weighted by Gasteiger charge is -2.40. The highest BCUT2D eigenvalue weighted by molar-refractivity contribution is 5.76. The Labute approximate surface area is 429 Å². The second-order valence-electron chi connectivity index (χ2n) is 20.0. The summed E-state index contributed by atoms with van der Waals surface area (Å²) >= 11 is 0. The van der Waals surface area contributed by atoms with Crippen molar-refractivity contribution in [1.82, 2.24) is 5.32 Å². The number of hydrogen-bond acceptors (Lipinski definition) is 8. The SMILES string of the molecule is CC/C=C\C/C=C\C/C=C\C/C=C\CCCCC(=O)NC(COC1OC(CO)C(O)C(O)C1O)C(O)/C=C/CC/C=C/CCCCCCCCCCCCCCCCCCCCCCCCCCCC. The van der Waals surface area contributed by atoms with Gasteiger partial charge in [0.25, 0.3) is 0 Å². The van der Waals surface area contributed by atoms with Gasteiger partial charge >= 0.3 is 0 Å².